The van der Waals surface area contributed by atoms with Gasteiger partial charge in [-0.3, -0.25) is 4.98 Å². The predicted molar refractivity (Wildman–Crippen MR) is 114 cm³/mol. The van der Waals surface area contributed by atoms with Gasteiger partial charge in [-0.2, -0.15) is 0 Å². The lowest BCUT2D eigenvalue weighted by Gasteiger charge is -2.13. The largest absolute Gasteiger partial charge is 0.497 e. The van der Waals surface area contributed by atoms with Gasteiger partial charge in [0.25, 0.3) is 0 Å². The summed E-state index contributed by atoms with van der Waals surface area (Å²) in [6.45, 7) is 5.10. The fraction of sp³-hybridized carbons (Fsp3) is 0.250. The van der Waals surface area contributed by atoms with Gasteiger partial charge in [0.05, 0.1) is 25.0 Å². The number of carboxylic acids is 1. The minimum absolute atomic E-state index is 0.306. The number of aryl methyl sites for hydroxylation is 1. The molecule has 0 saturated heterocycles. The molecule has 2 aromatic carbocycles. The fourth-order valence-electron chi connectivity index (χ4n) is 3.25. The Morgan fingerprint density at radius 1 is 1.07 bits per heavy atom. The Morgan fingerprint density at radius 2 is 1.79 bits per heavy atom. The molecule has 1 N–H and O–H groups in total. The zero-order chi connectivity index (χ0) is 20.8. The van der Waals surface area contributed by atoms with Gasteiger partial charge in [-0.05, 0) is 73.4 Å². The first-order valence-electron chi connectivity index (χ1n) is 9.59. The number of aromatic nitrogens is 1. The van der Waals surface area contributed by atoms with E-state index in [1.807, 2.05) is 56.4 Å². The average molecular weight is 391 g/mol. The molecule has 1 heterocycles. The lowest BCUT2D eigenvalue weighted by atomic mass is 9.94. The molecule has 150 valence electrons. The van der Waals surface area contributed by atoms with Crippen LogP contribution in [-0.4, -0.2) is 36.4 Å². The molecule has 3 rings (SSSR count). The highest BCUT2D eigenvalue weighted by molar-refractivity contribution is 5.91. The summed E-state index contributed by atoms with van der Waals surface area (Å²) in [5, 5.41) is 9.34. The lowest BCUT2D eigenvalue weighted by molar-refractivity contribution is 0.0696. The number of hydrogen-bond donors (Lipinski definition) is 1. The first kappa shape index (κ1) is 20.6. The third kappa shape index (κ3) is 4.81. The molecule has 0 atom stereocenters. The van der Waals surface area contributed by atoms with Crippen LogP contribution in [0.2, 0.25) is 0 Å². The van der Waals surface area contributed by atoms with Crippen LogP contribution in [0.3, 0.4) is 0 Å². The van der Waals surface area contributed by atoms with E-state index in [0.717, 1.165) is 45.7 Å². The van der Waals surface area contributed by atoms with Gasteiger partial charge in [-0.15, -0.1) is 0 Å². The summed E-state index contributed by atoms with van der Waals surface area (Å²) in [6.07, 6.45) is 2.64. The molecule has 5 nitrogen and oxygen atoms in total. The maximum Gasteiger partial charge on any atom is 0.335 e. The van der Waals surface area contributed by atoms with E-state index in [1.165, 1.54) is 0 Å². The molecule has 5 heteroatoms. The molecular formula is C24H25NO4. The number of rotatable bonds is 8. The van der Waals surface area contributed by atoms with Gasteiger partial charge in [0.2, 0.25) is 0 Å². The first-order valence-corrected chi connectivity index (χ1v) is 9.59. The SMILES string of the molecule is CCOCCc1cnc(-c2ccc(OC)cc2)c(-c2ccc(C(=O)O)c(C)c2)c1. The average Bonchev–Trinajstić information content (AvgIpc) is 2.73. The molecular weight excluding hydrogens is 366 g/mol. The third-order valence-electron chi connectivity index (χ3n) is 4.81. The van der Waals surface area contributed by atoms with E-state index >= 15 is 0 Å². The number of ether oxygens (including phenoxy) is 2. The van der Waals surface area contributed by atoms with Gasteiger partial charge in [-0.25, -0.2) is 4.79 Å². The number of carboxylic acid groups (broad SMARTS) is 1. The number of aromatic carboxylic acids is 1. The first-order chi connectivity index (χ1) is 14.0. The highest BCUT2D eigenvalue weighted by Gasteiger charge is 2.14. The molecule has 0 bridgehead atoms. The van der Waals surface area contributed by atoms with E-state index in [-0.39, 0.29) is 0 Å². The van der Waals surface area contributed by atoms with Crippen molar-refractivity contribution in [1.82, 2.24) is 4.98 Å². The van der Waals surface area contributed by atoms with Crippen LogP contribution in [0.15, 0.2) is 54.7 Å². The Morgan fingerprint density at radius 3 is 2.41 bits per heavy atom. The number of carbonyl (C=O) groups is 1. The Kier molecular flexibility index (Phi) is 6.62. The van der Waals surface area contributed by atoms with Crippen molar-refractivity contribution < 1.29 is 19.4 Å². The Hall–Kier alpha value is -3.18. The maximum atomic E-state index is 11.4. The highest BCUT2D eigenvalue weighted by atomic mass is 16.5. The standard InChI is InChI=1S/C24H25NO4/c1-4-29-12-11-17-14-22(19-7-10-21(24(26)27)16(2)13-19)23(25-15-17)18-5-8-20(28-3)9-6-18/h5-10,13-15H,4,11-12H2,1-3H3,(H,26,27). The molecule has 3 aromatic rings. The van der Waals surface area contributed by atoms with Crippen LogP contribution < -0.4 is 4.74 Å². The van der Waals surface area contributed by atoms with Gasteiger partial charge in [-0.1, -0.05) is 12.1 Å². The maximum absolute atomic E-state index is 11.4. The summed E-state index contributed by atoms with van der Waals surface area (Å²) in [5.74, 6) is -0.140. The van der Waals surface area contributed by atoms with Crippen molar-refractivity contribution in [2.75, 3.05) is 20.3 Å². The minimum Gasteiger partial charge on any atom is -0.497 e. The molecule has 0 saturated carbocycles. The number of nitrogens with zero attached hydrogens (tertiary/aromatic N) is 1. The number of hydrogen-bond acceptors (Lipinski definition) is 4. The summed E-state index contributed by atoms with van der Waals surface area (Å²) in [7, 11) is 1.64. The van der Waals surface area contributed by atoms with Gasteiger partial charge in [0.15, 0.2) is 0 Å². The van der Waals surface area contributed by atoms with Crippen molar-refractivity contribution in [2.24, 2.45) is 0 Å². The molecule has 29 heavy (non-hydrogen) atoms. The third-order valence-corrected chi connectivity index (χ3v) is 4.81. The van der Waals surface area contributed by atoms with Crippen LogP contribution in [0.5, 0.6) is 5.75 Å². The second kappa shape index (κ2) is 9.34. The Balaban J connectivity index is 2.08. The summed E-state index contributed by atoms with van der Waals surface area (Å²) in [4.78, 5) is 16.1. The fourth-order valence-corrected chi connectivity index (χ4v) is 3.25. The topological polar surface area (TPSA) is 68.7 Å². The van der Waals surface area contributed by atoms with E-state index in [1.54, 1.807) is 13.2 Å². The van der Waals surface area contributed by atoms with Crippen molar-refractivity contribution in [1.29, 1.82) is 0 Å². The van der Waals surface area contributed by atoms with Crippen molar-refractivity contribution in [3.8, 4) is 28.1 Å². The van der Waals surface area contributed by atoms with Crippen LogP contribution in [0, 0.1) is 6.92 Å². The normalized spacial score (nSPS) is 10.7. The number of methoxy groups -OCH3 is 1. The highest BCUT2D eigenvalue weighted by Crippen LogP contribution is 2.33. The zero-order valence-corrected chi connectivity index (χ0v) is 16.9. The van der Waals surface area contributed by atoms with E-state index in [2.05, 4.69) is 6.07 Å². The summed E-state index contributed by atoms with van der Waals surface area (Å²) < 4.78 is 10.7. The second-order valence-electron chi connectivity index (χ2n) is 6.75. The molecule has 0 radical (unpaired) electrons. The molecule has 0 amide bonds. The monoisotopic (exact) mass is 391 g/mol. The summed E-state index contributed by atoms with van der Waals surface area (Å²) in [6, 6.07) is 15.3. The lowest BCUT2D eigenvalue weighted by Crippen LogP contribution is -2.01. The summed E-state index contributed by atoms with van der Waals surface area (Å²) >= 11 is 0. The summed E-state index contributed by atoms with van der Waals surface area (Å²) in [5.41, 5.74) is 5.81. The smallest absolute Gasteiger partial charge is 0.335 e. The minimum atomic E-state index is -0.923. The molecule has 0 spiro atoms. The molecule has 0 unspecified atom stereocenters. The van der Waals surface area contributed by atoms with Gasteiger partial charge >= 0.3 is 5.97 Å². The van der Waals surface area contributed by atoms with E-state index < -0.39 is 5.97 Å². The number of pyridine rings is 1. The Labute approximate surface area is 171 Å². The quantitative estimate of drug-likeness (QED) is 0.547. The van der Waals surface area contributed by atoms with Gasteiger partial charge < -0.3 is 14.6 Å². The van der Waals surface area contributed by atoms with Crippen LogP contribution >= 0.6 is 0 Å². The van der Waals surface area contributed by atoms with Crippen molar-refractivity contribution >= 4 is 5.97 Å². The van der Waals surface area contributed by atoms with Gasteiger partial charge in [0.1, 0.15) is 5.75 Å². The van der Waals surface area contributed by atoms with E-state index in [0.29, 0.717) is 18.8 Å². The number of benzene rings is 2. The van der Waals surface area contributed by atoms with Crippen molar-refractivity contribution in [3.05, 3.63) is 71.4 Å². The van der Waals surface area contributed by atoms with Gasteiger partial charge in [0, 0.05) is 23.9 Å². The van der Waals surface area contributed by atoms with Crippen LogP contribution in [0.4, 0.5) is 0 Å². The molecule has 1 aromatic heterocycles. The molecule has 0 aliphatic rings. The predicted octanol–water partition coefficient (Wildman–Crippen LogP) is 5.01. The Bertz CT molecular complexity index is 996. The van der Waals surface area contributed by atoms with Crippen LogP contribution in [0.1, 0.15) is 28.4 Å². The van der Waals surface area contributed by atoms with Crippen molar-refractivity contribution in [2.45, 2.75) is 20.3 Å². The van der Waals surface area contributed by atoms with E-state index in [9.17, 15) is 9.90 Å². The van der Waals surface area contributed by atoms with E-state index in [4.69, 9.17) is 14.5 Å². The molecule has 0 aliphatic heterocycles. The zero-order valence-electron chi connectivity index (χ0n) is 16.9. The second-order valence-corrected chi connectivity index (χ2v) is 6.75. The van der Waals surface area contributed by atoms with Crippen LogP contribution in [-0.2, 0) is 11.2 Å². The molecule has 0 fully saturated rings. The molecule has 0 aliphatic carbocycles. The van der Waals surface area contributed by atoms with Crippen LogP contribution in [0.25, 0.3) is 22.4 Å². The van der Waals surface area contributed by atoms with Crippen molar-refractivity contribution in [3.63, 3.8) is 0 Å².